The van der Waals surface area contributed by atoms with Gasteiger partial charge in [-0.3, -0.25) is 0 Å². The quantitative estimate of drug-likeness (QED) is 0.891. The number of anilines is 1. The Bertz CT molecular complexity index is 513. The second-order valence-corrected chi connectivity index (χ2v) is 4.07. The predicted octanol–water partition coefficient (Wildman–Crippen LogP) is 2.36. The highest BCUT2D eigenvalue weighted by atomic mass is 35.5. The van der Waals surface area contributed by atoms with Crippen molar-refractivity contribution in [3.63, 3.8) is 0 Å². The number of rotatable bonds is 4. The number of hydrogen-bond acceptors (Lipinski definition) is 2. The molecule has 0 bridgehead atoms. The molecule has 0 saturated heterocycles. The Morgan fingerprint density at radius 1 is 1.39 bits per heavy atom. The number of urea groups is 1. The minimum absolute atomic E-state index is 0.275. The Morgan fingerprint density at radius 2 is 2.22 bits per heavy atom. The molecule has 2 amide bonds. The van der Waals surface area contributed by atoms with Crippen molar-refractivity contribution in [3.05, 3.63) is 48.0 Å². The Hall–Kier alpha value is -2.01. The van der Waals surface area contributed by atoms with Crippen LogP contribution in [0.2, 0.25) is 5.02 Å². The molecular formula is C12H13ClN4O. The largest absolute Gasteiger partial charge is 0.336 e. The highest BCUT2D eigenvalue weighted by Gasteiger charge is 2.03. The molecule has 5 nitrogen and oxygen atoms in total. The number of aromatic nitrogens is 2. The third-order valence-electron chi connectivity index (χ3n) is 2.34. The van der Waals surface area contributed by atoms with Crippen molar-refractivity contribution in [2.45, 2.75) is 6.54 Å². The summed E-state index contributed by atoms with van der Waals surface area (Å²) in [5.41, 5.74) is 0.597. The maximum absolute atomic E-state index is 11.6. The van der Waals surface area contributed by atoms with E-state index in [1.165, 1.54) is 0 Å². The van der Waals surface area contributed by atoms with Gasteiger partial charge < -0.3 is 15.2 Å². The van der Waals surface area contributed by atoms with E-state index in [2.05, 4.69) is 15.6 Å². The van der Waals surface area contributed by atoms with Crippen LogP contribution >= 0.6 is 11.6 Å². The molecular weight excluding hydrogens is 252 g/mol. The van der Waals surface area contributed by atoms with E-state index in [1.807, 2.05) is 22.9 Å². The van der Waals surface area contributed by atoms with Gasteiger partial charge in [0, 0.05) is 25.5 Å². The Balaban J connectivity index is 1.77. The van der Waals surface area contributed by atoms with Gasteiger partial charge in [-0.25, -0.2) is 9.78 Å². The third kappa shape index (κ3) is 3.49. The summed E-state index contributed by atoms with van der Waals surface area (Å²) in [5.74, 6) is 0. The maximum atomic E-state index is 11.6. The zero-order valence-corrected chi connectivity index (χ0v) is 10.4. The first-order valence-corrected chi connectivity index (χ1v) is 5.88. The number of carbonyl (C=O) groups is 1. The van der Waals surface area contributed by atoms with E-state index >= 15 is 0 Å². The molecule has 0 saturated carbocycles. The van der Waals surface area contributed by atoms with Gasteiger partial charge in [0.15, 0.2) is 0 Å². The Labute approximate surface area is 110 Å². The lowest BCUT2D eigenvalue weighted by Crippen LogP contribution is -2.31. The number of hydrogen-bond donors (Lipinski definition) is 2. The molecule has 2 aromatic rings. The normalized spacial score (nSPS) is 10.1. The van der Waals surface area contributed by atoms with E-state index in [9.17, 15) is 4.79 Å². The zero-order valence-electron chi connectivity index (χ0n) is 9.64. The van der Waals surface area contributed by atoms with Gasteiger partial charge in [-0.2, -0.15) is 0 Å². The fourth-order valence-corrected chi connectivity index (χ4v) is 1.63. The van der Waals surface area contributed by atoms with Crippen molar-refractivity contribution in [1.29, 1.82) is 0 Å². The first-order valence-electron chi connectivity index (χ1n) is 5.51. The van der Waals surface area contributed by atoms with Gasteiger partial charge in [-0.05, 0) is 12.1 Å². The number of benzene rings is 1. The number of imidazole rings is 1. The lowest BCUT2D eigenvalue weighted by Gasteiger charge is -2.09. The van der Waals surface area contributed by atoms with Crippen molar-refractivity contribution < 1.29 is 4.79 Å². The van der Waals surface area contributed by atoms with Crippen LogP contribution in [0, 0.1) is 0 Å². The summed E-state index contributed by atoms with van der Waals surface area (Å²) in [7, 11) is 0. The van der Waals surface area contributed by atoms with Crippen LogP contribution in [0.1, 0.15) is 0 Å². The molecule has 0 aliphatic carbocycles. The van der Waals surface area contributed by atoms with E-state index in [0.29, 0.717) is 23.8 Å². The topological polar surface area (TPSA) is 59.0 Å². The van der Waals surface area contributed by atoms with Gasteiger partial charge in [-0.15, -0.1) is 0 Å². The monoisotopic (exact) mass is 264 g/mol. The van der Waals surface area contributed by atoms with E-state index in [-0.39, 0.29) is 6.03 Å². The van der Waals surface area contributed by atoms with E-state index < -0.39 is 0 Å². The molecule has 1 aromatic heterocycles. The average Bonchev–Trinajstić information content (AvgIpc) is 2.85. The summed E-state index contributed by atoms with van der Waals surface area (Å²) in [6.45, 7) is 1.20. The van der Waals surface area contributed by atoms with Crippen LogP contribution in [-0.2, 0) is 6.54 Å². The van der Waals surface area contributed by atoms with Crippen LogP contribution in [-0.4, -0.2) is 22.1 Å². The van der Waals surface area contributed by atoms with Crippen LogP contribution in [0.3, 0.4) is 0 Å². The van der Waals surface area contributed by atoms with Crippen molar-refractivity contribution in [1.82, 2.24) is 14.9 Å². The summed E-state index contributed by atoms with van der Waals surface area (Å²) < 4.78 is 1.88. The third-order valence-corrected chi connectivity index (χ3v) is 2.67. The molecule has 0 aliphatic rings. The number of carbonyl (C=O) groups excluding carboxylic acids is 1. The van der Waals surface area contributed by atoms with Crippen molar-refractivity contribution in [2.75, 3.05) is 11.9 Å². The number of nitrogens with zero attached hydrogens (tertiary/aromatic N) is 2. The summed E-state index contributed by atoms with van der Waals surface area (Å²) in [6.07, 6.45) is 5.24. The zero-order chi connectivity index (χ0) is 12.8. The number of amides is 2. The van der Waals surface area contributed by atoms with Crippen LogP contribution in [0.4, 0.5) is 10.5 Å². The summed E-state index contributed by atoms with van der Waals surface area (Å²) in [5, 5.41) is 5.94. The summed E-state index contributed by atoms with van der Waals surface area (Å²) in [4.78, 5) is 15.5. The molecule has 0 spiro atoms. The lowest BCUT2D eigenvalue weighted by molar-refractivity contribution is 0.251. The molecule has 18 heavy (non-hydrogen) atoms. The van der Waals surface area contributed by atoms with E-state index in [4.69, 9.17) is 11.6 Å². The molecule has 94 valence electrons. The molecule has 2 N–H and O–H groups in total. The van der Waals surface area contributed by atoms with Crippen molar-refractivity contribution >= 4 is 23.3 Å². The lowest BCUT2D eigenvalue weighted by atomic mass is 10.3. The minimum Gasteiger partial charge on any atom is -0.336 e. The highest BCUT2D eigenvalue weighted by molar-refractivity contribution is 6.33. The SMILES string of the molecule is O=C(NCCn1ccnc1)Nc1ccccc1Cl. The molecule has 0 unspecified atom stereocenters. The molecule has 2 rings (SSSR count). The van der Waals surface area contributed by atoms with E-state index in [0.717, 1.165) is 0 Å². The second-order valence-electron chi connectivity index (χ2n) is 3.66. The van der Waals surface area contributed by atoms with Gasteiger partial charge in [0.25, 0.3) is 0 Å². The highest BCUT2D eigenvalue weighted by Crippen LogP contribution is 2.19. The number of para-hydroxylation sites is 1. The summed E-state index contributed by atoms with van der Waals surface area (Å²) in [6, 6.07) is 6.82. The van der Waals surface area contributed by atoms with Crippen molar-refractivity contribution in [3.8, 4) is 0 Å². The summed E-state index contributed by atoms with van der Waals surface area (Å²) >= 11 is 5.93. The number of halogens is 1. The van der Waals surface area contributed by atoms with Crippen LogP contribution in [0.15, 0.2) is 43.0 Å². The van der Waals surface area contributed by atoms with Crippen LogP contribution in [0.5, 0.6) is 0 Å². The first kappa shape index (κ1) is 12.4. The van der Waals surface area contributed by atoms with Gasteiger partial charge in [0.1, 0.15) is 0 Å². The average molecular weight is 265 g/mol. The fraction of sp³-hybridized carbons (Fsp3) is 0.167. The Morgan fingerprint density at radius 3 is 2.94 bits per heavy atom. The molecule has 0 aliphatic heterocycles. The fourth-order valence-electron chi connectivity index (χ4n) is 1.45. The van der Waals surface area contributed by atoms with Gasteiger partial charge in [-0.1, -0.05) is 23.7 Å². The van der Waals surface area contributed by atoms with Gasteiger partial charge >= 0.3 is 6.03 Å². The van der Waals surface area contributed by atoms with E-state index in [1.54, 1.807) is 24.7 Å². The first-order chi connectivity index (χ1) is 8.75. The number of nitrogens with one attached hydrogen (secondary N) is 2. The minimum atomic E-state index is -0.275. The molecule has 0 fully saturated rings. The molecule has 1 aromatic carbocycles. The molecule has 0 radical (unpaired) electrons. The van der Waals surface area contributed by atoms with Crippen LogP contribution in [0.25, 0.3) is 0 Å². The van der Waals surface area contributed by atoms with Crippen molar-refractivity contribution in [2.24, 2.45) is 0 Å². The van der Waals surface area contributed by atoms with Gasteiger partial charge in [0.2, 0.25) is 0 Å². The van der Waals surface area contributed by atoms with Crippen LogP contribution < -0.4 is 10.6 Å². The second kappa shape index (κ2) is 6.07. The smallest absolute Gasteiger partial charge is 0.319 e. The maximum Gasteiger partial charge on any atom is 0.319 e. The van der Waals surface area contributed by atoms with Gasteiger partial charge in [0.05, 0.1) is 17.0 Å². The predicted molar refractivity (Wildman–Crippen MR) is 70.7 cm³/mol. The molecule has 6 heteroatoms. The standard InChI is InChI=1S/C12H13ClN4O/c13-10-3-1-2-4-11(10)16-12(18)15-6-8-17-7-5-14-9-17/h1-5,7,9H,6,8H2,(H2,15,16,18). The Kier molecular flexibility index (Phi) is 4.20. The molecule has 1 heterocycles. The molecule has 0 atom stereocenters.